The van der Waals surface area contributed by atoms with E-state index in [9.17, 15) is 0 Å². The van der Waals surface area contributed by atoms with Gasteiger partial charge in [-0.15, -0.1) is 0 Å². The lowest BCUT2D eigenvalue weighted by atomic mass is 9.90. The van der Waals surface area contributed by atoms with Gasteiger partial charge in [0, 0.05) is 19.1 Å². The Morgan fingerprint density at radius 1 is 1.28 bits per heavy atom. The topological polar surface area (TPSA) is 15.3 Å². The molecule has 1 aromatic carbocycles. The van der Waals surface area contributed by atoms with Crippen molar-refractivity contribution in [3.8, 4) is 0 Å². The average molecular weight is 244 g/mol. The van der Waals surface area contributed by atoms with Crippen molar-refractivity contribution in [1.29, 1.82) is 0 Å². The first-order valence-corrected chi connectivity index (χ1v) is 7.34. The molecule has 2 fully saturated rings. The molecule has 2 aliphatic rings. The molecule has 0 bridgehead atoms. The molecule has 0 amide bonds. The zero-order valence-electron chi connectivity index (χ0n) is 11.3. The van der Waals surface area contributed by atoms with E-state index < -0.39 is 0 Å². The Balaban J connectivity index is 1.65. The number of fused-ring (bicyclic) bond motifs is 1. The summed E-state index contributed by atoms with van der Waals surface area (Å²) >= 11 is 0. The second-order valence-corrected chi connectivity index (χ2v) is 5.93. The third-order valence-electron chi connectivity index (χ3n) is 4.67. The molecule has 98 valence electrons. The van der Waals surface area contributed by atoms with E-state index in [1.165, 1.54) is 44.6 Å². The van der Waals surface area contributed by atoms with Gasteiger partial charge in [-0.3, -0.25) is 4.90 Å². The van der Waals surface area contributed by atoms with Gasteiger partial charge in [-0.25, -0.2) is 0 Å². The molecule has 0 saturated carbocycles. The summed E-state index contributed by atoms with van der Waals surface area (Å²) in [4.78, 5) is 2.73. The molecule has 2 heterocycles. The molecule has 2 aliphatic heterocycles. The van der Waals surface area contributed by atoms with Crippen molar-refractivity contribution in [2.75, 3.05) is 26.2 Å². The summed E-state index contributed by atoms with van der Waals surface area (Å²) in [6.45, 7) is 7.31. The third-order valence-corrected chi connectivity index (χ3v) is 4.67. The minimum Gasteiger partial charge on any atom is -0.315 e. The van der Waals surface area contributed by atoms with Crippen LogP contribution in [-0.2, 0) is 0 Å². The van der Waals surface area contributed by atoms with Crippen molar-refractivity contribution in [1.82, 2.24) is 10.2 Å². The van der Waals surface area contributed by atoms with E-state index in [0.29, 0.717) is 5.92 Å². The van der Waals surface area contributed by atoms with E-state index in [-0.39, 0.29) is 0 Å². The molecule has 0 spiro atoms. The molecule has 3 unspecified atom stereocenters. The van der Waals surface area contributed by atoms with Gasteiger partial charge in [0.05, 0.1) is 0 Å². The van der Waals surface area contributed by atoms with Gasteiger partial charge in [-0.2, -0.15) is 0 Å². The predicted octanol–water partition coefficient (Wildman–Crippen LogP) is 2.47. The lowest BCUT2D eigenvalue weighted by molar-refractivity contribution is 0.119. The molecule has 2 nitrogen and oxygen atoms in total. The molecule has 0 radical (unpaired) electrons. The van der Waals surface area contributed by atoms with Crippen LogP contribution in [0.25, 0.3) is 0 Å². The summed E-state index contributed by atoms with van der Waals surface area (Å²) in [6.07, 6.45) is 2.80. The van der Waals surface area contributed by atoms with Gasteiger partial charge in [-0.05, 0) is 43.3 Å². The minimum absolute atomic E-state index is 0.644. The highest BCUT2D eigenvalue weighted by Crippen LogP contribution is 2.28. The van der Waals surface area contributed by atoms with E-state index in [1.807, 2.05) is 0 Å². The van der Waals surface area contributed by atoms with Crippen LogP contribution in [0.15, 0.2) is 30.3 Å². The van der Waals surface area contributed by atoms with Gasteiger partial charge in [0.15, 0.2) is 0 Å². The lowest BCUT2D eigenvalue weighted by Crippen LogP contribution is -2.46. The van der Waals surface area contributed by atoms with Crippen molar-refractivity contribution in [2.24, 2.45) is 5.92 Å². The Bertz CT molecular complexity index is 376. The number of likely N-dealkylation sites (tertiary alicyclic amines) is 1. The SMILES string of the molecule is CC(CN1CCCC2CNCC21)c1ccccc1. The molecular formula is C16H24N2. The zero-order valence-corrected chi connectivity index (χ0v) is 11.3. The number of nitrogens with one attached hydrogen (secondary N) is 1. The van der Waals surface area contributed by atoms with Crippen molar-refractivity contribution in [2.45, 2.75) is 31.7 Å². The summed E-state index contributed by atoms with van der Waals surface area (Å²) in [5.74, 6) is 1.55. The van der Waals surface area contributed by atoms with E-state index in [2.05, 4.69) is 47.5 Å². The Labute approximate surface area is 110 Å². The first-order valence-electron chi connectivity index (χ1n) is 7.34. The molecule has 18 heavy (non-hydrogen) atoms. The summed E-state index contributed by atoms with van der Waals surface area (Å²) in [5.41, 5.74) is 1.48. The molecule has 3 atom stereocenters. The standard InChI is InChI=1S/C16H24N2/c1-13(14-6-3-2-4-7-14)12-18-9-5-8-15-10-17-11-16(15)18/h2-4,6-7,13,15-17H,5,8-12H2,1H3. The van der Waals surface area contributed by atoms with Crippen LogP contribution in [-0.4, -0.2) is 37.1 Å². The van der Waals surface area contributed by atoms with E-state index >= 15 is 0 Å². The number of piperidine rings is 1. The Hall–Kier alpha value is -0.860. The highest BCUT2D eigenvalue weighted by molar-refractivity contribution is 5.19. The first kappa shape index (κ1) is 12.2. The highest BCUT2D eigenvalue weighted by atomic mass is 15.2. The quantitative estimate of drug-likeness (QED) is 0.879. The second-order valence-electron chi connectivity index (χ2n) is 5.93. The summed E-state index contributed by atoms with van der Waals surface area (Å²) in [6, 6.07) is 11.7. The van der Waals surface area contributed by atoms with E-state index in [1.54, 1.807) is 0 Å². The molecule has 0 aliphatic carbocycles. The van der Waals surface area contributed by atoms with Crippen molar-refractivity contribution >= 4 is 0 Å². The first-order chi connectivity index (χ1) is 8.84. The van der Waals surface area contributed by atoms with Gasteiger partial charge in [0.2, 0.25) is 0 Å². The van der Waals surface area contributed by atoms with Crippen LogP contribution in [0.2, 0.25) is 0 Å². The molecule has 3 rings (SSSR count). The lowest BCUT2D eigenvalue weighted by Gasteiger charge is -2.38. The normalized spacial score (nSPS) is 30.1. The highest BCUT2D eigenvalue weighted by Gasteiger charge is 2.35. The summed E-state index contributed by atoms with van der Waals surface area (Å²) < 4.78 is 0. The van der Waals surface area contributed by atoms with Crippen molar-refractivity contribution in [3.05, 3.63) is 35.9 Å². The Morgan fingerprint density at radius 2 is 2.11 bits per heavy atom. The van der Waals surface area contributed by atoms with Crippen LogP contribution in [0.1, 0.15) is 31.2 Å². The fraction of sp³-hybridized carbons (Fsp3) is 0.625. The smallest absolute Gasteiger partial charge is 0.0261 e. The number of hydrogen-bond acceptors (Lipinski definition) is 2. The Morgan fingerprint density at radius 3 is 2.94 bits per heavy atom. The van der Waals surface area contributed by atoms with Gasteiger partial charge in [-0.1, -0.05) is 37.3 Å². The maximum absolute atomic E-state index is 3.57. The molecule has 1 aromatic rings. The van der Waals surface area contributed by atoms with E-state index in [0.717, 1.165) is 12.0 Å². The number of benzene rings is 1. The van der Waals surface area contributed by atoms with Gasteiger partial charge in [0.25, 0.3) is 0 Å². The number of nitrogens with zero attached hydrogens (tertiary/aromatic N) is 1. The van der Waals surface area contributed by atoms with Crippen molar-refractivity contribution < 1.29 is 0 Å². The largest absolute Gasteiger partial charge is 0.315 e. The minimum atomic E-state index is 0.644. The maximum atomic E-state index is 3.57. The van der Waals surface area contributed by atoms with Crippen LogP contribution in [0.3, 0.4) is 0 Å². The van der Waals surface area contributed by atoms with Crippen LogP contribution in [0.4, 0.5) is 0 Å². The number of hydrogen-bond donors (Lipinski definition) is 1. The molecule has 1 N–H and O–H groups in total. The summed E-state index contributed by atoms with van der Waals surface area (Å²) in [5, 5.41) is 3.57. The molecule has 2 heteroatoms. The fourth-order valence-electron chi connectivity index (χ4n) is 3.63. The van der Waals surface area contributed by atoms with Crippen LogP contribution in [0.5, 0.6) is 0 Å². The van der Waals surface area contributed by atoms with Crippen LogP contribution >= 0.6 is 0 Å². The summed E-state index contributed by atoms with van der Waals surface area (Å²) in [7, 11) is 0. The van der Waals surface area contributed by atoms with Crippen LogP contribution < -0.4 is 5.32 Å². The van der Waals surface area contributed by atoms with Crippen molar-refractivity contribution in [3.63, 3.8) is 0 Å². The molecular weight excluding hydrogens is 220 g/mol. The molecule has 0 aromatic heterocycles. The average Bonchev–Trinajstić information content (AvgIpc) is 2.89. The van der Waals surface area contributed by atoms with Gasteiger partial charge in [0.1, 0.15) is 0 Å². The predicted molar refractivity (Wildman–Crippen MR) is 75.8 cm³/mol. The van der Waals surface area contributed by atoms with Crippen LogP contribution in [0, 0.1) is 5.92 Å². The zero-order chi connectivity index (χ0) is 12.4. The van der Waals surface area contributed by atoms with E-state index in [4.69, 9.17) is 0 Å². The second kappa shape index (κ2) is 5.41. The molecule has 2 saturated heterocycles. The Kier molecular flexibility index (Phi) is 3.67. The maximum Gasteiger partial charge on any atom is 0.0261 e. The fourth-order valence-corrected chi connectivity index (χ4v) is 3.63. The monoisotopic (exact) mass is 244 g/mol. The van der Waals surface area contributed by atoms with Gasteiger partial charge < -0.3 is 5.32 Å². The van der Waals surface area contributed by atoms with Gasteiger partial charge >= 0.3 is 0 Å². The number of rotatable bonds is 3. The third kappa shape index (κ3) is 2.45.